The van der Waals surface area contributed by atoms with Crippen LogP contribution in [0.3, 0.4) is 0 Å². The molecule has 154 valence electrons. The molecule has 0 saturated heterocycles. The van der Waals surface area contributed by atoms with Crippen molar-refractivity contribution in [3.63, 3.8) is 0 Å². The van der Waals surface area contributed by atoms with Crippen molar-refractivity contribution in [3.8, 4) is 17.3 Å². The Morgan fingerprint density at radius 3 is 2.84 bits per heavy atom. The summed E-state index contributed by atoms with van der Waals surface area (Å²) in [6.45, 7) is 0. The molecule has 3 aromatic heterocycles. The van der Waals surface area contributed by atoms with Crippen LogP contribution in [0, 0.1) is 17.1 Å². The third-order valence-corrected chi connectivity index (χ3v) is 6.01. The standard InChI is InChI=1S/C21H15FN6O2S/c22-19-12(13-3-1-2-8-24-13)4-5-14-20(19)31-18(25-14)10-17-28-27-16(30-17)9-15(29)26-21(11-23)6-7-21/h1-5,8H,6-7,9-10H2,(H,26,29). The van der Waals surface area contributed by atoms with Gasteiger partial charge >= 0.3 is 0 Å². The van der Waals surface area contributed by atoms with Gasteiger partial charge in [0.1, 0.15) is 17.0 Å². The van der Waals surface area contributed by atoms with Crippen LogP contribution in [-0.4, -0.2) is 31.6 Å². The number of amides is 1. The quantitative estimate of drug-likeness (QED) is 0.495. The highest BCUT2D eigenvalue weighted by Gasteiger charge is 2.44. The maximum atomic E-state index is 15.0. The molecular weight excluding hydrogens is 419 g/mol. The minimum atomic E-state index is -0.737. The van der Waals surface area contributed by atoms with Crippen molar-refractivity contribution in [3.05, 3.63) is 59.1 Å². The lowest BCUT2D eigenvalue weighted by Gasteiger charge is -2.06. The Kier molecular flexibility index (Phi) is 4.67. The molecular formula is C21H15FN6O2S. The van der Waals surface area contributed by atoms with Gasteiger partial charge in [-0.05, 0) is 37.1 Å². The third-order valence-electron chi connectivity index (χ3n) is 4.95. The second-order valence-electron chi connectivity index (χ2n) is 7.28. The van der Waals surface area contributed by atoms with Crippen LogP contribution < -0.4 is 5.32 Å². The van der Waals surface area contributed by atoms with E-state index in [1.165, 1.54) is 11.3 Å². The zero-order chi connectivity index (χ0) is 21.4. The number of pyridine rings is 1. The molecule has 0 unspecified atom stereocenters. The van der Waals surface area contributed by atoms with Gasteiger partial charge in [-0.25, -0.2) is 9.37 Å². The topological polar surface area (TPSA) is 118 Å². The summed E-state index contributed by atoms with van der Waals surface area (Å²) in [6, 6.07) is 10.9. The molecule has 1 aliphatic rings. The lowest BCUT2D eigenvalue weighted by atomic mass is 10.1. The SMILES string of the molecule is N#CC1(NC(=O)Cc2nnc(Cc3nc4ccc(-c5ccccn5)c(F)c4s3)o2)CC1. The van der Waals surface area contributed by atoms with E-state index in [1.54, 1.807) is 30.5 Å². The van der Waals surface area contributed by atoms with Crippen LogP contribution in [0.25, 0.3) is 21.5 Å². The average molecular weight is 434 g/mol. The molecule has 0 radical (unpaired) electrons. The van der Waals surface area contributed by atoms with E-state index in [0.717, 1.165) is 0 Å². The lowest BCUT2D eigenvalue weighted by molar-refractivity contribution is -0.121. The first-order chi connectivity index (χ1) is 15.0. The molecule has 1 aliphatic carbocycles. The number of nitriles is 1. The monoisotopic (exact) mass is 434 g/mol. The number of nitrogens with one attached hydrogen (secondary N) is 1. The van der Waals surface area contributed by atoms with Crippen molar-refractivity contribution in [2.75, 3.05) is 0 Å². The Bertz CT molecular complexity index is 1320. The van der Waals surface area contributed by atoms with Crippen molar-refractivity contribution < 1.29 is 13.6 Å². The van der Waals surface area contributed by atoms with E-state index >= 15 is 4.39 Å². The fourth-order valence-electron chi connectivity index (χ4n) is 3.20. The van der Waals surface area contributed by atoms with Gasteiger partial charge in [-0.15, -0.1) is 21.5 Å². The molecule has 0 aliphatic heterocycles. The predicted molar refractivity (Wildman–Crippen MR) is 109 cm³/mol. The second kappa shape index (κ2) is 7.52. The van der Waals surface area contributed by atoms with Crippen LogP contribution in [0.15, 0.2) is 40.9 Å². The van der Waals surface area contributed by atoms with Crippen molar-refractivity contribution in [1.29, 1.82) is 5.26 Å². The van der Waals surface area contributed by atoms with E-state index in [4.69, 9.17) is 9.68 Å². The number of rotatable bonds is 6. The molecule has 10 heteroatoms. The van der Waals surface area contributed by atoms with Gasteiger partial charge in [0.15, 0.2) is 5.82 Å². The number of nitrogens with zero attached hydrogens (tertiary/aromatic N) is 5. The molecule has 1 saturated carbocycles. The molecule has 0 atom stereocenters. The van der Waals surface area contributed by atoms with Crippen LogP contribution in [0.1, 0.15) is 29.6 Å². The van der Waals surface area contributed by atoms with Gasteiger partial charge in [0.25, 0.3) is 0 Å². The van der Waals surface area contributed by atoms with E-state index in [-0.39, 0.29) is 36.3 Å². The van der Waals surface area contributed by atoms with Gasteiger partial charge in [0.2, 0.25) is 17.7 Å². The highest BCUT2D eigenvalue weighted by atomic mass is 32.1. The normalized spacial score (nSPS) is 14.3. The number of aromatic nitrogens is 4. The molecule has 8 nitrogen and oxygen atoms in total. The van der Waals surface area contributed by atoms with Crippen LogP contribution in [0.4, 0.5) is 4.39 Å². The van der Waals surface area contributed by atoms with Gasteiger partial charge in [-0.3, -0.25) is 9.78 Å². The van der Waals surface area contributed by atoms with Crippen molar-refractivity contribution in [2.45, 2.75) is 31.2 Å². The molecule has 31 heavy (non-hydrogen) atoms. The van der Waals surface area contributed by atoms with Crippen LogP contribution >= 0.6 is 11.3 Å². The number of thiazole rings is 1. The van der Waals surface area contributed by atoms with Gasteiger partial charge < -0.3 is 9.73 Å². The first kappa shape index (κ1) is 19.3. The summed E-state index contributed by atoms with van der Waals surface area (Å²) in [7, 11) is 0. The lowest BCUT2D eigenvalue weighted by Crippen LogP contribution is -2.36. The van der Waals surface area contributed by atoms with Gasteiger partial charge in [-0.1, -0.05) is 6.07 Å². The summed E-state index contributed by atoms with van der Waals surface area (Å²) in [5, 5.41) is 20.2. The molecule has 5 rings (SSSR count). The molecule has 1 amide bonds. The van der Waals surface area contributed by atoms with E-state index in [1.807, 2.05) is 6.07 Å². The average Bonchev–Trinajstić information content (AvgIpc) is 3.20. The van der Waals surface area contributed by atoms with Crippen molar-refractivity contribution in [2.24, 2.45) is 0 Å². The minimum absolute atomic E-state index is 0.0989. The zero-order valence-electron chi connectivity index (χ0n) is 16.1. The van der Waals surface area contributed by atoms with Crippen LogP contribution in [0.5, 0.6) is 0 Å². The highest BCUT2D eigenvalue weighted by molar-refractivity contribution is 7.18. The molecule has 1 N–H and O–H groups in total. The zero-order valence-corrected chi connectivity index (χ0v) is 16.9. The fourth-order valence-corrected chi connectivity index (χ4v) is 4.19. The number of carbonyl (C=O) groups excluding carboxylic acids is 1. The first-order valence-electron chi connectivity index (χ1n) is 9.58. The van der Waals surface area contributed by atoms with Crippen molar-refractivity contribution >= 4 is 27.5 Å². The maximum absolute atomic E-state index is 15.0. The summed E-state index contributed by atoms with van der Waals surface area (Å²) in [5.41, 5.74) is 0.780. The summed E-state index contributed by atoms with van der Waals surface area (Å²) in [6.07, 6.45) is 3.06. The molecule has 3 heterocycles. The molecule has 0 spiro atoms. The van der Waals surface area contributed by atoms with E-state index in [9.17, 15) is 4.79 Å². The maximum Gasteiger partial charge on any atom is 0.230 e. The minimum Gasteiger partial charge on any atom is -0.424 e. The molecule has 1 aromatic carbocycles. The summed E-state index contributed by atoms with van der Waals surface area (Å²) in [4.78, 5) is 20.7. The Hall–Kier alpha value is -3.71. The van der Waals surface area contributed by atoms with Gasteiger partial charge in [-0.2, -0.15) is 5.26 Å². The number of benzene rings is 1. The summed E-state index contributed by atoms with van der Waals surface area (Å²) in [5.74, 6) is -0.257. The Balaban J connectivity index is 1.31. The fraction of sp³-hybridized carbons (Fsp3) is 0.238. The largest absolute Gasteiger partial charge is 0.424 e. The van der Waals surface area contributed by atoms with Gasteiger partial charge in [0.05, 0.1) is 28.4 Å². The smallest absolute Gasteiger partial charge is 0.230 e. The number of hydrogen-bond acceptors (Lipinski definition) is 8. The van der Waals surface area contributed by atoms with Crippen LogP contribution in [0.2, 0.25) is 0 Å². The second-order valence-corrected chi connectivity index (χ2v) is 8.37. The number of hydrogen-bond donors (Lipinski definition) is 1. The Labute approximate surface area is 179 Å². The molecule has 0 bridgehead atoms. The molecule has 1 fully saturated rings. The predicted octanol–water partition coefficient (Wildman–Crippen LogP) is 3.19. The third kappa shape index (κ3) is 3.87. The highest BCUT2D eigenvalue weighted by Crippen LogP contribution is 2.34. The van der Waals surface area contributed by atoms with Gasteiger partial charge in [0, 0.05) is 11.8 Å². The number of fused-ring (bicyclic) bond motifs is 1. The van der Waals surface area contributed by atoms with E-state index < -0.39 is 5.54 Å². The van der Waals surface area contributed by atoms with E-state index in [2.05, 4.69) is 31.6 Å². The van der Waals surface area contributed by atoms with E-state index in [0.29, 0.717) is 39.3 Å². The summed E-state index contributed by atoms with van der Waals surface area (Å²) >= 11 is 1.21. The molecule has 4 aromatic rings. The Morgan fingerprint density at radius 1 is 1.26 bits per heavy atom. The number of halogens is 1. The van der Waals surface area contributed by atoms with Crippen molar-refractivity contribution in [1.82, 2.24) is 25.5 Å². The number of carbonyl (C=O) groups is 1. The first-order valence-corrected chi connectivity index (χ1v) is 10.4. The Morgan fingerprint density at radius 2 is 2.10 bits per heavy atom. The van der Waals surface area contributed by atoms with Crippen LogP contribution in [-0.2, 0) is 17.6 Å². The summed E-state index contributed by atoms with van der Waals surface area (Å²) < 4.78 is 21.0.